The van der Waals surface area contributed by atoms with Gasteiger partial charge in [0.25, 0.3) is 0 Å². The lowest BCUT2D eigenvalue weighted by atomic mass is 10.1. The molecule has 1 fully saturated rings. The Morgan fingerprint density at radius 1 is 1.33 bits per heavy atom. The molecule has 1 aliphatic carbocycles. The maximum Gasteiger partial charge on any atom is 0.143 e. The van der Waals surface area contributed by atoms with Gasteiger partial charge in [0, 0.05) is 25.8 Å². The van der Waals surface area contributed by atoms with Crippen molar-refractivity contribution in [3.63, 3.8) is 0 Å². The van der Waals surface area contributed by atoms with Gasteiger partial charge in [0.1, 0.15) is 5.75 Å². The Hall–Kier alpha value is -1.38. The van der Waals surface area contributed by atoms with Gasteiger partial charge < -0.3 is 15.4 Å². The molecular formula is C12H18N2O. The van der Waals surface area contributed by atoms with Crippen LogP contribution in [-0.2, 0) is 0 Å². The lowest BCUT2D eigenvalue weighted by Crippen LogP contribution is -2.12. The summed E-state index contributed by atoms with van der Waals surface area (Å²) in [6, 6.07) is 4.09. The summed E-state index contributed by atoms with van der Waals surface area (Å²) >= 11 is 0. The first-order valence-corrected chi connectivity index (χ1v) is 5.28. The van der Waals surface area contributed by atoms with Gasteiger partial charge in [-0.15, -0.1) is 0 Å². The molecule has 0 saturated heterocycles. The molecule has 82 valence electrons. The first kappa shape index (κ1) is 10.1. The average molecular weight is 206 g/mol. The number of nitrogen functional groups attached to an aromatic ring is 1. The summed E-state index contributed by atoms with van der Waals surface area (Å²) in [5.41, 5.74) is 9.25. The molecule has 0 amide bonds. The van der Waals surface area contributed by atoms with Crippen molar-refractivity contribution in [2.45, 2.75) is 18.8 Å². The minimum absolute atomic E-state index is 0.704. The van der Waals surface area contributed by atoms with Crippen LogP contribution in [0, 0.1) is 0 Å². The van der Waals surface area contributed by atoms with E-state index in [1.807, 2.05) is 6.07 Å². The predicted molar refractivity (Wildman–Crippen MR) is 63.7 cm³/mol. The van der Waals surface area contributed by atoms with E-state index in [9.17, 15) is 0 Å². The molecular weight excluding hydrogens is 188 g/mol. The highest BCUT2D eigenvalue weighted by Gasteiger charge is 2.27. The topological polar surface area (TPSA) is 38.5 Å². The quantitative estimate of drug-likeness (QED) is 0.771. The Morgan fingerprint density at radius 3 is 2.47 bits per heavy atom. The Balaban J connectivity index is 2.47. The molecule has 0 bridgehead atoms. The number of methoxy groups -OCH3 is 1. The molecule has 1 aromatic carbocycles. The normalized spacial score (nSPS) is 15.1. The van der Waals surface area contributed by atoms with Crippen molar-refractivity contribution in [1.29, 1.82) is 0 Å². The van der Waals surface area contributed by atoms with Crippen LogP contribution in [0.25, 0.3) is 0 Å². The van der Waals surface area contributed by atoms with E-state index in [0.717, 1.165) is 11.4 Å². The highest BCUT2D eigenvalue weighted by molar-refractivity contribution is 5.68. The highest BCUT2D eigenvalue weighted by atomic mass is 16.5. The number of nitrogens with zero attached hydrogens (tertiary/aromatic N) is 1. The van der Waals surface area contributed by atoms with Gasteiger partial charge in [0.05, 0.1) is 12.8 Å². The van der Waals surface area contributed by atoms with Crippen LogP contribution >= 0.6 is 0 Å². The minimum atomic E-state index is 0.704. The number of hydrogen-bond acceptors (Lipinski definition) is 3. The summed E-state index contributed by atoms with van der Waals surface area (Å²) in [6.07, 6.45) is 2.57. The Kier molecular flexibility index (Phi) is 2.47. The predicted octanol–water partition coefficient (Wildman–Crippen LogP) is 2.22. The number of hydrogen-bond donors (Lipinski definition) is 1. The number of nitrogens with two attached hydrogens (primary N) is 1. The second kappa shape index (κ2) is 3.65. The lowest BCUT2D eigenvalue weighted by molar-refractivity contribution is 0.417. The third-order valence-electron chi connectivity index (χ3n) is 2.88. The van der Waals surface area contributed by atoms with E-state index in [4.69, 9.17) is 10.5 Å². The van der Waals surface area contributed by atoms with Crippen molar-refractivity contribution >= 4 is 11.4 Å². The lowest BCUT2D eigenvalue weighted by Gasteiger charge is -2.19. The monoisotopic (exact) mass is 206 g/mol. The Bertz CT molecular complexity index is 370. The molecule has 3 heteroatoms. The van der Waals surface area contributed by atoms with Crippen LogP contribution in [0.3, 0.4) is 0 Å². The van der Waals surface area contributed by atoms with Crippen molar-refractivity contribution < 1.29 is 4.74 Å². The van der Waals surface area contributed by atoms with Crippen LogP contribution in [0.15, 0.2) is 12.1 Å². The Morgan fingerprint density at radius 2 is 2.00 bits per heavy atom. The number of ether oxygens (including phenoxy) is 1. The van der Waals surface area contributed by atoms with Crippen LogP contribution in [0.2, 0.25) is 0 Å². The van der Waals surface area contributed by atoms with E-state index >= 15 is 0 Å². The van der Waals surface area contributed by atoms with Crippen LogP contribution in [0.4, 0.5) is 11.4 Å². The molecule has 0 unspecified atom stereocenters. The highest BCUT2D eigenvalue weighted by Crippen LogP contribution is 2.46. The maximum absolute atomic E-state index is 5.92. The average Bonchev–Trinajstić information content (AvgIpc) is 3.00. The molecule has 0 aromatic heterocycles. The van der Waals surface area contributed by atoms with Crippen molar-refractivity contribution in [2.24, 2.45) is 0 Å². The molecule has 1 aliphatic rings. The smallest absolute Gasteiger partial charge is 0.143 e. The van der Waals surface area contributed by atoms with Crippen molar-refractivity contribution in [1.82, 2.24) is 0 Å². The fourth-order valence-corrected chi connectivity index (χ4v) is 1.89. The minimum Gasteiger partial charge on any atom is -0.495 e. The number of anilines is 2. The van der Waals surface area contributed by atoms with Crippen LogP contribution in [0.5, 0.6) is 5.75 Å². The van der Waals surface area contributed by atoms with E-state index in [-0.39, 0.29) is 0 Å². The second-order valence-electron chi connectivity index (χ2n) is 4.32. The number of rotatable bonds is 3. The fourth-order valence-electron chi connectivity index (χ4n) is 1.89. The summed E-state index contributed by atoms with van der Waals surface area (Å²) in [5, 5.41) is 0. The molecule has 1 aromatic rings. The Labute approximate surface area is 90.8 Å². The zero-order chi connectivity index (χ0) is 11.0. The fraction of sp³-hybridized carbons (Fsp3) is 0.500. The SMILES string of the molecule is COc1cc(N(C)C)c(C2CC2)cc1N. The van der Waals surface area contributed by atoms with Gasteiger partial charge in [-0.3, -0.25) is 0 Å². The third kappa shape index (κ3) is 1.87. The summed E-state index contributed by atoms with van der Waals surface area (Å²) in [5.74, 6) is 1.47. The van der Waals surface area contributed by atoms with Crippen LogP contribution < -0.4 is 15.4 Å². The van der Waals surface area contributed by atoms with E-state index in [1.165, 1.54) is 24.1 Å². The molecule has 15 heavy (non-hydrogen) atoms. The molecule has 1 saturated carbocycles. The van der Waals surface area contributed by atoms with Gasteiger partial charge in [-0.05, 0) is 30.4 Å². The van der Waals surface area contributed by atoms with Crippen LogP contribution in [-0.4, -0.2) is 21.2 Å². The van der Waals surface area contributed by atoms with E-state index < -0.39 is 0 Å². The second-order valence-corrected chi connectivity index (χ2v) is 4.32. The standard InChI is InChI=1S/C12H18N2O/c1-14(2)11-7-12(15-3)10(13)6-9(11)8-4-5-8/h6-8H,4-5,13H2,1-3H3. The van der Waals surface area contributed by atoms with Crippen LogP contribution in [0.1, 0.15) is 24.3 Å². The summed E-state index contributed by atoms with van der Waals surface area (Å²) in [4.78, 5) is 2.12. The van der Waals surface area contributed by atoms with E-state index in [2.05, 4.69) is 25.1 Å². The zero-order valence-electron chi connectivity index (χ0n) is 9.58. The molecule has 3 nitrogen and oxygen atoms in total. The number of benzene rings is 1. The summed E-state index contributed by atoms with van der Waals surface area (Å²) in [7, 11) is 5.76. The molecule has 0 radical (unpaired) electrons. The summed E-state index contributed by atoms with van der Waals surface area (Å²) < 4.78 is 5.24. The molecule has 2 rings (SSSR count). The zero-order valence-corrected chi connectivity index (χ0v) is 9.58. The third-order valence-corrected chi connectivity index (χ3v) is 2.88. The molecule has 0 aliphatic heterocycles. The van der Waals surface area contributed by atoms with E-state index in [0.29, 0.717) is 5.92 Å². The molecule has 0 heterocycles. The van der Waals surface area contributed by atoms with Gasteiger partial charge >= 0.3 is 0 Å². The first-order chi connectivity index (χ1) is 7.13. The van der Waals surface area contributed by atoms with Gasteiger partial charge in [-0.25, -0.2) is 0 Å². The molecule has 2 N–H and O–H groups in total. The van der Waals surface area contributed by atoms with Gasteiger partial charge in [0.15, 0.2) is 0 Å². The maximum atomic E-state index is 5.92. The van der Waals surface area contributed by atoms with Crippen molar-refractivity contribution in [3.05, 3.63) is 17.7 Å². The molecule has 0 atom stereocenters. The summed E-state index contributed by atoms with van der Waals surface area (Å²) in [6.45, 7) is 0. The largest absolute Gasteiger partial charge is 0.495 e. The van der Waals surface area contributed by atoms with Crippen molar-refractivity contribution in [2.75, 3.05) is 31.8 Å². The van der Waals surface area contributed by atoms with Gasteiger partial charge in [-0.1, -0.05) is 0 Å². The van der Waals surface area contributed by atoms with Crippen molar-refractivity contribution in [3.8, 4) is 5.75 Å². The van der Waals surface area contributed by atoms with E-state index in [1.54, 1.807) is 7.11 Å². The van der Waals surface area contributed by atoms with Gasteiger partial charge in [0.2, 0.25) is 0 Å². The van der Waals surface area contributed by atoms with Gasteiger partial charge in [-0.2, -0.15) is 0 Å². The first-order valence-electron chi connectivity index (χ1n) is 5.28. The molecule has 0 spiro atoms.